The second-order valence-electron chi connectivity index (χ2n) is 4.81. The van der Waals surface area contributed by atoms with E-state index in [0.29, 0.717) is 5.56 Å². The average molecular weight is 291 g/mol. The van der Waals surface area contributed by atoms with Crippen LogP contribution in [0.4, 0.5) is 4.79 Å². The Hall–Kier alpha value is -3.06. The Morgan fingerprint density at radius 1 is 1.05 bits per heavy atom. The van der Waals surface area contributed by atoms with Crippen molar-refractivity contribution in [3.8, 4) is 6.07 Å². The molecule has 0 unspecified atom stereocenters. The van der Waals surface area contributed by atoms with E-state index >= 15 is 0 Å². The number of carbonyl (C=O) groups excluding carboxylic acids is 1. The molecule has 0 aromatic heterocycles. The van der Waals surface area contributed by atoms with E-state index in [4.69, 9.17) is 4.74 Å². The first-order chi connectivity index (χ1) is 10.7. The van der Waals surface area contributed by atoms with Crippen LogP contribution in [-0.4, -0.2) is 13.3 Å². The van der Waals surface area contributed by atoms with Crippen molar-refractivity contribution < 1.29 is 14.3 Å². The Balaban J connectivity index is 2.32. The Bertz CT molecular complexity index is 842. The van der Waals surface area contributed by atoms with Gasteiger partial charge in [-0.3, -0.25) is 0 Å². The third kappa shape index (κ3) is 2.33. The van der Waals surface area contributed by atoms with Crippen LogP contribution in [0.15, 0.2) is 54.6 Å². The minimum atomic E-state index is -1.02. The zero-order valence-electron chi connectivity index (χ0n) is 11.9. The normalized spacial score (nSPS) is 11.8. The van der Waals surface area contributed by atoms with Gasteiger partial charge >= 0.3 is 6.16 Å². The summed E-state index contributed by atoms with van der Waals surface area (Å²) in [4.78, 5) is 11.4. The molecule has 0 bridgehead atoms. The summed E-state index contributed by atoms with van der Waals surface area (Å²) < 4.78 is 9.64. The molecule has 0 fully saturated rings. The van der Waals surface area contributed by atoms with E-state index in [9.17, 15) is 10.1 Å². The van der Waals surface area contributed by atoms with E-state index in [2.05, 4.69) is 10.8 Å². The summed E-state index contributed by atoms with van der Waals surface area (Å²) in [6.07, 6.45) is -1.90. The van der Waals surface area contributed by atoms with Gasteiger partial charge in [0, 0.05) is 5.56 Å². The molecule has 0 radical (unpaired) electrons. The molecular formula is C18H13NO3. The molecular weight excluding hydrogens is 278 g/mol. The average Bonchev–Trinajstić information content (AvgIpc) is 2.57. The topological polar surface area (TPSA) is 59.3 Å². The number of rotatable bonds is 2. The molecule has 22 heavy (non-hydrogen) atoms. The minimum absolute atomic E-state index is 0.682. The number of carbonyl (C=O) groups is 1. The zero-order valence-corrected chi connectivity index (χ0v) is 11.9. The zero-order chi connectivity index (χ0) is 15.5. The van der Waals surface area contributed by atoms with Gasteiger partial charge in [-0.05, 0) is 27.6 Å². The molecule has 3 rings (SSSR count). The van der Waals surface area contributed by atoms with E-state index in [0.717, 1.165) is 21.5 Å². The molecule has 0 amide bonds. The third-order valence-electron chi connectivity index (χ3n) is 3.57. The fourth-order valence-corrected chi connectivity index (χ4v) is 2.63. The Labute approximate surface area is 127 Å². The molecule has 108 valence electrons. The van der Waals surface area contributed by atoms with Crippen molar-refractivity contribution in [2.45, 2.75) is 6.10 Å². The van der Waals surface area contributed by atoms with E-state index < -0.39 is 12.3 Å². The largest absolute Gasteiger partial charge is 0.509 e. The molecule has 4 heteroatoms. The molecule has 0 heterocycles. The number of ether oxygens (including phenoxy) is 2. The summed E-state index contributed by atoms with van der Waals surface area (Å²) in [5.74, 6) is 0. The molecule has 0 N–H and O–H groups in total. The maximum Gasteiger partial charge on any atom is 0.509 e. The number of fused-ring (bicyclic) bond motifs is 2. The molecule has 1 atom stereocenters. The van der Waals surface area contributed by atoms with Gasteiger partial charge in [-0.1, -0.05) is 48.5 Å². The molecule has 0 spiro atoms. The van der Waals surface area contributed by atoms with Crippen molar-refractivity contribution in [2.24, 2.45) is 0 Å². The van der Waals surface area contributed by atoms with E-state index in [1.807, 2.05) is 54.6 Å². The highest BCUT2D eigenvalue weighted by atomic mass is 16.7. The number of hydrogen-bond acceptors (Lipinski definition) is 4. The maximum absolute atomic E-state index is 11.4. The van der Waals surface area contributed by atoms with Gasteiger partial charge in [-0.25, -0.2) is 4.79 Å². The van der Waals surface area contributed by atoms with Crippen LogP contribution >= 0.6 is 0 Å². The highest BCUT2D eigenvalue weighted by Gasteiger charge is 2.21. The summed E-state index contributed by atoms with van der Waals surface area (Å²) in [6.45, 7) is 0. The SMILES string of the molecule is COC(=O)O[C@@H](C#N)c1c2ccccc2cc2ccccc12. The highest BCUT2D eigenvalue weighted by Crippen LogP contribution is 2.34. The lowest BCUT2D eigenvalue weighted by molar-refractivity contribution is 0.0551. The van der Waals surface area contributed by atoms with Gasteiger partial charge in [0.05, 0.1) is 7.11 Å². The van der Waals surface area contributed by atoms with Crippen molar-refractivity contribution in [3.05, 3.63) is 60.2 Å². The van der Waals surface area contributed by atoms with Crippen LogP contribution < -0.4 is 0 Å². The van der Waals surface area contributed by atoms with Crippen LogP contribution in [0, 0.1) is 11.3 Å². The van der Waals surface area contributed by atoms with Gasteiger partial charge in [0.2, 0.25) is 6.10 Å². The molecule has 0 saturated heterocycles. The first-order valence-electron chi connectivity index (χ1n) is 6.79. The van der Waals surface area contributed by atoms with Crippen LogP contribution in [0.3, 0.4) is 0 Å². The third-order valence-corrected chi connectivity index (χ3v) is 3.57. The number of hydrogen-bond donors (Lipinski definition) is 0. The number of benzene rings is 3. The lowest BCUT2D eigenvalue weighted by Crippen LogP contribution is -2.10. The van der Waals surface area contributed by atoms with Crippen LogP contribution in [0.1, 0.15) is 11.7 Å². The predicted molar refractivity (Wildman–Crippen MR) is 83.3 cm³/mol. The maximum atomic E-state index is 11.4. The summed E-state index contributed by atoms with van der Waals surface area (Å²) in [6, 6.07) is 19.5. The van der Waals surface area contributed by atoms with Gasteiger partial charge in [-0.2, -0.15) is 5.26 Å². The van der Waals surface area contributed by atoms with Crippen LogP contribution in [0.25, 0.3) is 21.5 Å². The molecule has 3 aromatic carbocycles. The fourth-order valence-electron chi connectivity index (χ4n) is 2.63. The van der Waals surface area contributed by atoms with E-state index in [1.54, 1.807) is 0 Å². The van der Waals surface area contributed by atoms with Crippen molar-refractivity contribution in [2.75, 3.05) is 7.11 Å². The van der Waals surface area contributed by atoms with Crippen molar-refractivity contribution >= 4 is 27.7 Å². The summed E-state index contributed by atoms with van der Waals surface area (Å²) in [5.41, 5.74) is 0.682. The Morgan fingerprint density at radius 2 is 1.59 bits per heavy atom. The quantitative estimate of drug-likeness (QED) is 0.520. The summed E-state index contributed by atoms with van der Waals surface area (Å²) in [7, 11) is 1.22. The second kappa shape index (κ2) is 5.74. The van der Waals surface area contributed by atoms with Gasteiger partial charge in [0.15, 0.2) is 0 Å². The van der Waals surface area contributed by atoms with Crippen molar-refractivity contribution in [3.63, 3.8) is 0 Å². The molecule has 0 aliphatic heterocycles. The number of methoxy groups -OCH3 is 1. The number of nitrogens with zero attached hydrogens (tertiary/aromatic N) is 1. The first kappa shape index (κ1) is 13.9. The van der Waals surface area contributed by atoms with Gasteiger partial charge in [-0.15, -0.1) is 0 Å². The van der Waals surface area contributed by atoms with Crippen molar-refractivity contribution in [1.82, 2.24) is 0 Å². The Kier molecular flexibility index (Phi) is 3.63. The second-order valence-corrected chi connectivity index (χ2v) is 4.81. The Morgan fingerprint density at radius 3 is 2.09 bits per heavy atom. The van der Waals surface area contributed by atoms with Crippen LogP contribution in [0.2, 0.25) is 0 Å². The van der Waals surface area contributed by atoms with E-state index in [-0.39, 0.29) is 0 Å². The van der Waals surface area contributed by atoms with Gasteiger partial charge in [0.1, 0.15) is 6.07 Å². The van der Waals surface area contributed by atoms with Crippen LogP contribution in [-0.2, 0) is 9.47 Å². The molecule has 0 saturated carbocycles. The molecule has 3 aromatic rings. The van der Waals surface area contributed by atoms with Gasteiger partial charge in [0.25, 0.3) is 0 Å². The first-order valence-corrected chi connectivity index (χ1v) is 6.79. The molecule has 4 nitrogen and oxygen atoms in total. The predicted octanol–water partition coefficient (Wildman–Crippen LogP) is 4.34. The smallest absolute Gasteiger partial charge is 0.438 e. The number of nitriles is 1. The lowest BCUT2D eigenvalue weighted by Gasteiger charge is -2.16. The minimum Gasteiger partial charge on any atom is -0.438 e. The van der Waals surface area contributed by atoms with Crippen LogP contribution in [0.5, 0.6) is 0 Å². The van der Waals surface area contributed by atoms with Crippen molar-refractivity contribution in [1.29, 1.82) is 5.26 Å². The lowest BCUT2D eigenvalue weighted by atomic mass is 9.94. The molecule has 0 aliphatic rings. The standard InChI is InChI=1S/C18H13NO3/c1-21-18(20)22-16(11-19)17-14-8-4-2-6-12(14)10-13-7-3-5-9-15(13)17/h2-10,16H,1H3/t16-/m0/s1. The summed E-state index contributed by atoms with van der Waals surface area (Å²) >= 11 is 0. The highest BCUT2D eigenvalue weighted by molar-refractivity contribution is 6.02. The fraction of sp³-hybridized carbons (Fsp3) is 0.111. The van der Waals surface area contributed by atoms with Gasteiger partial charge < -0.3 is 9.47 Å². The van der Waals surface area contributed by atoms with E-state index in [1.165, 1.54) is 7.11 Å². The molecule has 0 aliphatic carbocycles. The summed E-state index contributed by atoms with van der Waals surface area (Å²) in [5, 5.41) is 13.2. The monoisotopic (exact) mass is 291 g/mol.